The van der Waals surface area contributed by atoms with Gasteiger partial charge in [0.25, 0.3) is 0 Å². The molecule has 0 saturated heterocycles. The lowest BCUT2D eigenvalue weighted by Gasteiger charge is -2.16. The van der Waals surface area contributed by atoms with Crippen molar-refractivity contribution >= 4 is 21.6 Å². The van der Waals surface area contributed by atoms with E-state index in [1.54, 1.807) is 6.92 Å². The molecule has 0 aliphatic rings. The Morgan fingerprint density at radius 1 is 1.43 bits per heavy atom. The van der Waals surface area contributed by atoms with E-state index in [9.17, 15) is 8.42 Å². The molecule has 21 heavy (non-hydrogen) atoms. The van der Waals surface area contributed by atoms with Gasteiger partial charge in [-0.05, 0) is 25.1 Å². The molecular formula is C12H15ClN4O3S. The molecule has 1 aromatic heterocycles. The summed E-state index contributed by atoms with van der Waals surface area (Å²) in [6.45, 7) is 1.81. The van der Waals surface area contributed by atoms with Crippen LogP contribution in [0, 0.1) is 6.92 Å². The second-order valence-electron chi connectivity index (χ2n) is 4.39. The number of nitrogens with one attached hydrogen (secondary N) is 1. The molecule has 0 bridgehead atoms. The first-order valence-electron chi connectivity index (χ1n) is 6.02. The molecule has 2 rings (SSSR count). The van der Waals surface area contributed by atoms with Crippen molar-refractivity contribution in [1.82, 2.24) is 19.5 Å². The van der Waals surface area contributed by atoms with Crippen LogP contribution in [0.5, 0.6) is 5.75 Å². The van der Waals surface area contributed by atoms with E-state index in [0.717, 1.165) is 4.31 Å². The van der Waals surface area contributed by atoms with E-state index in [2.05, 4.69) is 15.2 Å². The molecule has 1 N–H and O–H groups in total. The Kier molecular flexibility index (Phi) is 4.50. The fourth-order valence-corrected chi connectivity index (χ4v) is 3.21. The number of aromatic amines is 1. The molecule has 1 heterocycles. The molecule has 0 unspecified atom stereocenters. The highest BCUT2D eigenvalue weighted by Gasteiger charge is 2.23. The Morgan fingerprint density at radius 2 is 2.14 bits per heavy atom. The lowest BCUT2D eigenvalue weighted by atomic mass is 10.3. The second-order valence-corrected chi connectivity index (χ2v) is 6.85. The summed E-state index contributed by atoms with van der Waals surface area (Å²) in [5.74, 6) is 1.45. The zero-order valence-electron chi connectivity index (χ0n) is 11.8. The normalized spacial score (nSPS) is 11.9. The summed E-state index contributed by atoms with van der Waals surface area (Å²) in [4.78, 5) is 4.17. The summed E-state index contributed by atoms with van der Waals surface area (Å²) < 4.78 is 31.1. The van der Waals surface area contributed by atoms with Gasteiger partial charge in [0.1, 0.15) is 11.6 Å². The zero-order valence-corrected chi connectivity index (χ0v) is 13.4. The molecule has 0 amide bonds. The van der Waals surface area contributed by atoms with Gasteiger partial charge >= 0.3 is 0 Å². The molecule has 0 saturated carbocycles. The first-order chi connectivity index (χ1) is 9.84. The van der Waals surface area contributed by atoms with Crippen molar-refractivity contribution in [3.63, 3.8) is 0 Å². The number of H-pyrrole nitrogens is 1. The summed E-state index contributed by atoms with van der Waals surface area (Å²) in [5, 5.41) is 6.83. The summed E-state index contributed by atoms with van der Waals surface area (Å²) in [7, 11) is -0.753. The van der Waals surface area contributed by atoms with Gasteiger partial charge in [-0.15, -0.1) is 0 Å². The van der Waals surface area contributed by atoms with Gasteiger partial charge in [-0.3, -0.25) is 5.10 Å². The van der Waals surface area contributed by atoms with Gasteiger partial charge in [-0.2, -0.15) is 9.40 Å². The van der Waals surface area contributed by atoms with Crippen molar-refractivity contribution in [2.24, 2.45) is 0 Å². The summed E-state index contributed by atoms with van der Waals surface area (Å²) in [6, 6.07) is 4.31. The molecule has 0 spiro atoms. The van der Waals surface area contributed by atoms with Crippen molar-refractivity contribution in [2.45, 2.75) is 18.4 Å². The molecule has 114 valence electrons. The zero-order chi connectivity index (χ0) is 15.6. The van der Waals surface area contributed by atoms with Crippen molar-refractivity contribution < 1.29 is 13.2 Å². The van der Waals surface area contributed by atoms with E-state index in [0.29, 0.717) is 17.4 Å². The van der Waals surface area contributed by atoms with Crippen molar-refractivity contribution in [3.05, 3.63) is 34.9 Å². The van der Waals surface area contributed by atoms with Gasteiger partial charge in [0, 0.05) is 7.05 Å². The number of rotatable bonds is 5. The van der Waals surface area contributed by atoms with Crippen LogP contribution < -0.4 is 4.74 Å². The van der Waals surface area contributed by atoms with Crippen molar-refractivity contribution in [2.75, 3.05) is 14.2 Å². The van der Waals surface area contributed by atoms with E-state index in [4.69, 9.17) is 16.3 Å². The molecule has 0 atom stereocenters. The molecular weight excluding hydrogens is 316 g/mol. The fraction of sp³-hybridized carbons (Fsp3) is 0.333. The van der Waals surface area contributed by atoms with E-state index in [1.807, 2.05) is 0 Å². The summed E-state index contributed by atoms with van der Waals surface area (Å²) in [5.41, 5.74) is 0. The SMILES string of the molecule is COc1ccc(S(=O)(=O)N(C)Cc2n[nH]c(C)n2)cc1Cl. The molecule has 0 radical (unpaired) electrons. The molecule has 0 aliphatic heterocycles. The van der Waals surface area contributed by atoms with Crippen LogP contribution in [0.2, 0.25) is 5.02 Å². The smallest absolute Gasteiger partial charge is 0.243 e. The lowest BCUT2D eigenvalue weighted by molar-refractivity contribution is 0.414. The first kappa shape index (κ1) is 15.7. The Labute approximate surface area is 128 Å². The number of methoxy groups -OCH3 is 1. The minimum Gasteiger partial charge on any atom is -0.495 e. The second kappa shape index (κ2) is 6.00. The van der Waals surface area contributed by atoms with Gasteiger partial charge in [0.15, 0.2) is 5.82 Å². The maximum Gasteiger partial charge on any atom is 0.243 e. The average Bonchev–Trinajstić information content (AvgIpc) is 2.83. The van der Waals surface area contributed by atoms with E-state index >= 15 is 0 Å². The van der Waals surface area contributed by atoms with Gasteiger partial charge < -0.3 is 4.74 Å². The number of hydrogen-bond acceptors (Lipinski definition) is 5. The standard InChI is InChI=1S/C12H15ClN4O3S/c1-8-14-12(16-15-8)7-17(2)21(18,19)9-4-5-11(20-3)10(13)6-9/h4-6H,7H2,1-3H3,(H,14,15,16). The Balaban J connectivity index is 2.26. The van der Waals surface area contributed by atoms with Crippen LogP contribution in [0.1, 0.15) is 11.6 Å². The van der Waals surface area contributed by atoms with E-state index in [-0.39, 0.29) is 16.5 Å². The molecule has 1 aromatic carbocycles. The van der Waals surface area contributed by atoms with Crippen LogP contribution in [0.3, 0.4) is 0 Å². The minimum absolute atomic E-state index is 0.0658. The average molecular weight is 331 g/mol. The third-order valence-corrected chi connectivity index (χ3v) is 4.93. The van der Waals surface area contributed by atoms with Gasteiger partial charge in [0.2, 0.25) is 10.0 Å². The van der Waals surface area contributed by atoms with Crippen LogP contribution in [0.4, 0.5) is 0 Å². The Bertz CT molecular complexity index is 745. The van der Waals surface area contributed by atoms with Crippen LogP contribution in [-0.2, 0) is 16.6 Å². The quantitative estimate of drug-likeness (QED) is 0.899. The highest BCUT2D eigenvalue weighted by atomic mass is 35.5. The number of nitrogens with zero attached hydrogens (tertiary/aromatic N) is 3. The number of aromatic nitrogens is 3. The van der Waals surface area contributed by atoms with E-state index in [1.165, 1.54) is 32.4 Å². The highest BCUT2D eigenvalue weighted by Crippen LogP contribution is 2.28. The Hall–Kier alpha value is -1.64. The number of ether oxygens (including phenoxy) is 1. The largest absolute Gasteiger partial charge is 0.495 e. The topological polar surface area (TPSA) is 88.2 Å². The Morgan fingerprint density at radius 3 is 2.67 bits per heavy atom. The minimum atomic E-state index is -3.68. The predicted octanol–water partition coefficient (Wildman–Crippen LogP) is 1.60. The third kappa shape index (κ3) is 3.34. The molecule has 0 fully saturated rings. The third-order valence-electron chi connectivity index (χ3n) is 2.84. The van der Waals surface area contributed by atoms with Gasteiger partial charge in [0.05, 0.1) is 23.6 Å². The monoisotopic (exact) mass is 330 g/mol. The number of hydrogen-bond donors (Lipinski definition) is 1. The molecule has 0 aliphatic carbocycles. The summed E-state index contributed by atoms with van der Waals surface area (Å²) in [6.07, 6.45) is 0. The van der Waals surface area contributed by atoms with Crippen molar-refractivity contribution in [1.29, 1.82) is 0 Å². The van der Waals surface area contributed by atoms with Crippen LogP contribution in [0.15, 0.2) is 23.1 Å². The molecule has 9 heteroatoms. The molecule has 7 nitrogen and oxygen atoms in total. The van der Waals surface area contributed by atoms with Crippen molar-refractivity contribution in [3.8, 4) is 5.75 Å². The van der Waals surface area contributed by atoms with Crippen LogP contribution >= 0.6 is 11.6 Å². The van der Waals surface area contributed by atoms with Gasteiger partial charge in [-0.1, -0.05) is 11.6 Å². The lowest BCUT2D eigenvalue weighted by Crippen LogP contribution is -2.27. The number of halogens is 1. The number of aryl methyl sites for hydroxylation is 1. The number of sulfonamides is 1. The van der Waals surface area contributed by atoms with E-state index < -0.39 is 10.0 Å². The molecule has 2 aromatic rings. The van der Waals surface area contributed by atoms with Crippen LogP contribution in [0.25, 0.3) is 0 Å². The van der Waals surface area contributed by atoms with Crippen LogP contribution in [-0.4, -0.2) is 42.1 Å². The maximum atomic E-state index is 12.5. The fourth-order valence-electron chi connectivity index (χ4n) is 1.73. The van der Waals surface area contributed by atoms with Gasteiger partial charge in [-0.25, -0.2) is 13.4 Å². The maximum absolute atomic E-state index is 12.5. The first-order valence-corrected chi connectivity index (χ1v) is 7.84. The summed E-state index contributed by atoms with van der Waals surface area (Å²) >= 11 is 5.97. The number of benzene rings is 1. The highest BCUT2D eigenvalue weighted by molar-refractivity contribution is 7.89. The predicted molar refractivity (Wildman–Crippen MR) is 77.8 cm³/mol.